The first-order valence-corrected chi connectivity index (χ1v) is 6.12. The van der Waals surface area contributed by atoms with Gasteiger partial charge in [-0.15, -0.1) is 0 Å². The lowest BCUT2D eigenvalue weighted by atomic mass is 9.76. The molecule has 104 valence electrons. The number of benzene rings is 1. The molecule has 0 spiro atoms. The summed E-state index contributed by atoms with van der Waals surface area (Å²) in [5.41, 5.74) is -0.567. The van der Waals surface area contributed by atoms with Gasteiger partial charge in [0.2, 0.25) is 0 Å². The van der Waals surface area contributed by atoms with Gasteiger partial charge in [0.1, 0.15) is 0 Å². The number of halogens is 2. The zero-order chi connectivity index (χ0) is 14.4. The van der Waals surface area contributed by atoms with Crippen molar-refractivity contribution in [3.63, 3.8) is 0 Å². The molecule has 1 aromatic rings. The summed E-state index contributed by atoms with van der Waals surface area (Å²) in [6.45, 7) is 7.06. The van der Waals surface area contributed by atoms with Crippen LogP contribution < -0.4 is 5.46 Å². The number of hydrogen-bond acceptors (Lipinski definition) is 3. The first kappa shape index (κ1) is 14.4. The highest BCUT2D eigenvalue weighted by Crippen LogP contribution is 2.36. The van der Waals surface area contributed by atoms with E-state index < -0.39 is 36.6 Å². The monoisotopic (exact) mass is 270 g/mol. The fourth-order valence-electron chi connectivity index (χ4n) is 1.93. The van der Waals surface area contributed by atoms with Crippen molar-refractivity contribution < 1.29 is 23.2 Å². The Balaban J connectivity index is 2.42. The first-order chi connectivity index (χ1) is 8.68. The van der Waals surface area contributed by atoms with Crippen LogP contribution in [-0.4, -0.2) is 23.4 Å². The molecule has 0 radical (unpaired) electrons. The Bertz CT molecular complexity index is 487. The molecule has 0 aliphatic carbocycles. The molecule has 0 atom stereocenters. The van der Waals surface area contributed by atoms with Gasteiger partial charge in [-0.25, -0.2) is 8.78 Å². The highest BCUT2D eigenvalue weighted by atomic mass is 19.2. The molecule has 1 heterocycles. The average Bonchev–Trinajstić information content (AvgIpc) is 2.51. The fraction of sp³-hybridized carbons (Fsp3) is 0.538. The summed E-state index contributed by atoms with van der Waals surface area (Å²) >= 11 is 0. The smallest absolute Gasteiger partial charge is 0.399 e. The number of aliphatic hydroxyl groups is 1. The van der Waals surface area contributed by atoms with Crippen LogP contribution in [0.15, 0.2) is 12.1 Å². The Morgan fingerprint density at radius 2 is 1.53 bits per heavy atom. The highest BCUT2D eigenvalue weighted by Gasteiger charge is 2.52. The molecule has 1 fully saturated rings. The quantitative estimate of drug-likeness (QED) is 0.832. The van der Waals surface area contributed by atoms with Gasteiger partial charge in [0, 0.05) is 0 Å². The minimum Gasteiger partial charge on any atom is -0.399 e. The van der Waals surface area contributed by atoms with E-state index in [0.717, 1.165) is 12.1 Å². The number of aliphatic hydroxyl groups excluding tert-OH is 1. The molecule has 0 unspecified atom stereocenters. The molecule has 0 saturated carbocycles. The molecular formula is C13H17BF2O3. The maximum atomic E-state index is 13.4. The van der Waals surface area contributed by atoms with Crippen LogP contribution in [0.3, 0.4) is 0 Å². The third-order valence-corrected chi connectivity index (χ3v) is 3.86. The van der Waals surface area contributed by atoms with Crippen LogP contribution in [0.2, 0.25) is 0 Å². The van der Waals surface area contributed by atoms with Gasteiger partial charge in [0.05, 0.1) is 17.8 Å². The van der Waals surface area contributed by atoms with Crippen LogP contribution in [0, 0.1) is 11.6 Å². The van der Waals surface area contributed by atoms with Crippen molar-refractivity contribution in [2.75, 3.05) is 0 Å². The Morgan fingerprint density at radius 1 is 1.05 bits per heavy atom. The zero-order valence-electron chi connectivity index (χ0n) is 11.5. The molecule has 3 nitrogen and oxygen atoms in total. The molecule has 1 aliphatic heterocycles. The third kappa shape index (κ3) is 2.40. The summed E-state index contributed by atoms with van der Waals surface area (Å²) in [5.74, 6) is -1.98. The number of hydrogen-bond donors (Lipinski definition) is 1. The summed E-state index contributed by atoms with van der Waals surface area (Å²) in [6, 6.07) is 1.98. The second-order valence-corrected chi connectivity index (χ2v) is 5.71. The minimum atomic E-state index is -0.996. The van der Waals surface area contributed by atoms with Gasteiger partial charge in [-0.05, 0) is 50.9 Å². The Labute approximate surface area is 111 Å². The van der Waals surface area contributed by atoms with Crippen molar-refractivity contribution in [1.82, 2.24) is 0 Å². The predicted molar refractivity (Wildman–Crippen MR) is 68.0 cm³/mol. The van der Waals surface area contributed by atoms with Crippen molar-refractivity contribution in [3.05, 3.63) is 29.3 Å². The van der Waals surface area contributed by atoms with Gasteiger partial charge >= 0.3 is 7.12 Å². The predicted octanol–water partition coefficient (Wildman–Crippen LogP) is 1.76. The second kappa shape index (κ2) is 4.54. The van der Waals surface area contributed by atoms with Gasteiger partial charge < -0.3 is 14.4 Å². The lowest BCUT2D eigenvalue weighted by molar-refractivity contribution is 0.00578. The van der Waals surface area contributed by atoms with E-state index in [4.69, 9.17) is 9.31 Å². The largest absolute Gasteiger partial charge is 0.495 e. The van der Waals surface area contributed by atoms with E-state index in [-0.39, 0.29) is 5.56 Å². The normalized spacial score (nSPS) is 20.9. The van der Waals surface area contributed by atoms with Crippen LogP contribution in [0.5, 0.6) is 0 Å². The molecule has 1 aliphatic rings. The van der Waals surface area contributed by atoms with Crippen LogP contribution >= 0.6 is 0 Å². The van der Waals surface area contributed by atoms with Crippen LogP contribution in [0.4, 0.5) is 8.78 Å². The summed E-state index contributed by atoms with van der Waals surface area (Å²) in [7, 11) is -0.817. The van der Waals surface area contributed by atoms with E-state index in [1.807, 2.05) is 27.7 Å². The van der Waals surface area contributed by atoms with E-state index in [9.17, 15) is 13.9 Å². The molecule has 1 saturated heterocycles. The summed E-state index contributed by atoms with van der Waals surface area (Å²) in [6.07, 6.45) is 0. The summed E-state index contributed by atoms with van der Waals surface area (Å²) < 4.78 is 38.1. The van der Waals surface area contributed by atoms with Gasteiger partial charge in [-0.2, -0.15) is 0 Å². The van der Waals surface area contributed by atoms with Crippen molar-refractivity contribution in [1.29, 1.82) is 0 Å². The van der Waals surface area contributed by atoms with Gasteiger partial charge in [0.25, 0.3) is 0 Å². The molecule has 0 amide bonds. The standard InChI is InChI=1S/C13H17BF2O3/c1-12(2)13(3,4)19-14(18-12)9-6-11(16)10(15)5-8(9)7-17/h5-6,17H,7H2,1-4H3. The Kier molecular flexibility index (Phi) is 3.45. The molecule has 2 rings (SSSR count). The molecule has 1 N–H and O–H groups in total. The third-order valence-electron chi connectivity index (χ3n) is 3.86. The van der Waals surface area contributed by atoms with E-state index in [2.05, 4.69) is 0 Å². The minimum absolute atomic E-state index is 0.261. The van der Waals surface area contributed by atoms with Crippen LogP contribution in [0.25, 0.3) is 0 Å². The summed E-state index contributed by atoms with van der Waals surface area (Å²) in [4.78, 5) is 0. The molecule has 19 heavy (non-hydrogen) atoms. The maximum absolute atomic E-state index is 13.4. The lowest BCUT2D eigenvalue weighted by Crippen LogP contribution is -2.41. The van der Waals surface area contributed by atoms with Gasteiger partial charge in [-0.1, -0.05) is 0 Å². The van der Waals surface area contributed by atoms with E-state index >= 15 is 0 Å². The fourth-order valence-corrected chi connectivity index (χ4v) is 1.93. The first-order valence-electron chi connectivity index (χ1n) is 6.12. The van der Waals surface area contributed by atoms with Crippen LogP contribution in [-0.2, 0) is 15.9 Å². The number of rotatable bonds is 2. The Morgan fingerprint density at radius 3 is 2.00 bits per heavy atom. The van der Waals surface area contributed by atoms with E-state index in [1.54, 1.807) is 0 Å². The van der Waals surface area contributed by atoms with E-state index in [0.29, 0.717) is 5.46 Å². The topological polar surface area (TPSA) is 38.7 Å². The van der Waals surface area contributed by atoms with Gasteiger partial charge in [0.15, 0.2) is 11.6 Å². The van der Waals surface area contributed by atoms with Crippen molar-refractivity contribution in [2.24, 2.45) is 0 Å². The van der Waals surface area contributed by atoms with Crippen molar-refractivity contribution in [2.45, 2.75) is 45.5 Å². The summed E-state index contributed by atoms with van der Waals surface area (Å²) in [5, 5.41) is 9.25. The molecule has 1 aromatic carbocycles. The van der Waals surface area contributed by atoms with Crippen LogP contribution in [0.1, 0.15) is 33.3 Å². The van der Waals surface area contributed by atoms with E-state index in [1.165, 1.54) is 0 Å². The zero-order valence-corrected chi connectivity index (χ0v) is 11.5. The lowest BCUT2D eigenvalue weighted by Gasteiger charge is -2.32. The molecular weight excluding hydrogens is 253 g/mol. The molecule has 0 aromatic heterocycles. The van der Waals surface area contributed by atoms with Gasteiger partial charge in [-0.3, -0.25) is 0 Å². The second-order valence-electron chi connectivity index (χ2n) is 5.71. The molecule has 0 bridgehead atoms. The molecule has 6 heteroatoms. The SMILES string of the molecule is CC1(C)OB(c2cc(F)c(F)cc2CO)OC1(C)C. The Hall–Kier alpha value is -0.975. The van der Waals surface area contributed by atoms with Crippen molar-refractivity contribution >= 4 is 12.6 Å². The average molecular weight is 270 g/mol. The van der Waals surface area contributed by atoms with Crippen molar-refractivity contribution in [3.8, 4) is 0 Å². The highest BCUT2D eigenvalue weighted by molar-refractivity contribution is 6.62. The maximum Gasteiger partial charge on any atom is 0.495 e.